The summed E-state index contributed by atoms with van der Waals surface area (Å²) in [6, 6.07) is 0. The molecule has 0 radical (unpaired) electrons. The Morgan fingerprint density at radius 2 is 2.56 bits per heavy atom. The van der Waals surface area contributed by atoms with E-state index in [1.54, 1.807) is 0 Å². The average molecular weight is 191 g/mol. The third kappa shape index (κ3) is 1.39. The van der Waals surface area contributed by atoms with Gasteiger partial charge in [-0.05, 0) is 6.92 Å². The van der Waals surface area contributed by atoms with E-state index in [1.165, 1.54) is 5.70 Å². The fourth-order valence-corrected chi connectivity index (χ4v) is 1.27. The van der Waals surface area contributed by atoms with Crippen LogP contribution < -0.4 is 5.32 Å². The topological polar surface area (TPSA) is 15.3 Å². The first-order valence-corrected chi connectivity index (χ1v) is 3.90. The lowest BCUT2D eigenvalue weighted by Gasteiger charge is -2.30. The van der Waals surface area contributed by atoms with E-state index in [9.17, 15) is 0 Å². The summed E-state index contributed by atoms with van der Waals surface area (Å²) in [5.41, 5.74) is 1.27. The van der Waals surface area contributed by atoms with E-state index in [0.717, 1.165) is 6.54 Å². The minimum atomic E-state index is 0.447. The van der Waals surface area contributed by atoms with Crippen molar-refractivity contribution in [1.82, 2.24) is 10.2 Å². The van der Waals surface area contributed by atoms with E-state index in [0.29, 0.717) is 4.95 Å². The average Bonchev–Trinajstić information content (AvgIpc) is 1.83. The molecule has 0 amide bonds. The van der Waals surface area contributed by atoms with Gasteiger partial charge in [0.05, 0.1) is 0 Å². The number of hydrogen-bond donors (Lipinski definition) is 1. The lowest BCUT2D eigenvalue weighted by atomic mass is 10.4. The number of halogens is 1. The number of alkyl halides is 1. The molecule has 0 saturated heterocycles. The van der Waals surface area contributed by atoms with Crippen LogP contribution in [-0.2, 0) is 0 Å². The van der Waals surface area contributed by atoms with Crippen LogP contribution in [0.25, 0.3) is 0 Å². The van der Waals surface area contributed by atoms with Crippen molar-refractivity contribution in [3.05, 3.63) is 11.9 Å². The minimum absolute atomic E-state index is 0.447. The van der Waals surface area contributed by atoms with Crippen LogP contribution in [0.15, 0.2) is 11.9 Å². The number of allylic oxidation sites excluding steroid dienone is 1. The maximum atomic E-state index is 3.52. The summed E-state index contributed by atoms with van der Waals surface area (Å²) in [6.45, 7) is 3.06. The maximum Gasteiger partial charge on any atom is 0.101 e. The molecule has 1 aliphatic heterocycles. The first-order valence-electron chi connectivity index (χ1n) is 2.99. The van der Waals surface area contributed by atoms with Gasteiger partial charge in [0.25, 0.3) is 0 Å². The molecule has 0 bridgehead atoms. The highest BCUT2D eigenvalue weighted by atomic mass is 79.9. The molecule has 1 N–H and O–H groups in total. The summed E-state index contributed by atoms with van der Waals surface area (Å²) >= 11 is 3.52. The Morgan fingerprint density at radius 1 is 1.89 bits per heavy atom. The fourth-order valence-electron chi connectivity index (χ4n) is 0.764. The molecule has 0 aromatic rings. The van der Waals surface area contributed by atoms with Crippen molar-refractivity contribution in [2.45, 2.75) is 11.9 Å². The van der Waals surface area contributed by atoms with Gasteiger partial charge in [-0.3, -0.25) is 0 Å². The van der Waals surface area contributed by atoms with Crippen LogP contribution in [0.3, 0.4) is 0 Å². The Hall–Kier alpha value is -0.180. The first-order chi connectivity index (χ1) is 4.22. The summed E-state index contributed by atoms with van der Waals surface area (Å²) in [6.07, 6.45) is 2.03. The highest BCUT2D eigenvalue weighted by Gasteiger charge is 2.13. The first kappa shape index (κ1) is 6.93. The summed E-state index contributed by atoms with van der Waals surface area (Å²) in [4.78, 5) is 2.64. The van der Waals surface area contributed by atoms with Gasteiger partial charge in [0.2, 0.25) is 0 Å². The predicted octanol–water partition coefficient (Wildman–Crippen LogP) is 1.10. The highest BCUT2D eigenvalue weighted by Crippen LogP contribution is 2.13. The van der Waals surface area contributed by atoms with Crippen molar-refractivity contribution >= 4 is 15.9 Å². The van der Waals surface area contributed by atoms with Crippen LogP contribution in [0, 0.1) is 0 Å². The highest BCUT2D eigenvalue weighted by molar-refractivity contribution is 9.09. The Kier molecular flexibility index (Phi) is 2.01. The van der Waals surface area contributed by atoms with Gasteiger partial charge in [-0.15, -0.1) is 0 Å². The number of likely N-dealkylation sites (N-methyl/N-ethyl adjacent to an activating group) is 1. The second-order valence-corrected chi connectivity index (χ2v) is 3.30. The van der Waals surface area contributed by atoms with Gasteiger partial charge in [0, 0.05) is 25.5 Å². The molecule has 9 heavy (non-hydrogen) atoms. The molecule has 0 aromatic heterocycles. The maximum absolute atomic E-state index is 3.52. The summed E-state index contributed by atoms with van der Waals surface area (Å²) in [5.74, 6) is 0. The van der Waals surface area contributed by atoms with E-state index in [1.807, 2.05) is 6.20 Å². The molecule has 0 saturated carbocycles. The van der Waals surface area contributed by atoms with Crippen molar-refractivity contribution in [1.29, 1.82) is 0 Å². The van der Waals surface area contributed by atoms with Gasteiger partial charge in [-0.25, -0.2) is 0 Å². The van der Waals surface area contributed by atoms with E-state index in [-0.39, 0.29) is 0 Å². The molecule has 1 atom stereocenters. The van der Waals surface area contributed by atoms with Crippen molar-refractivity contribution in [2.75, 3.05) is 13.6 Å². The number of rotatable bonds is 0. The van der Waals surface area contributed by atoms with E-state index in [2.05, 4.69) is 40.1 Å². The van der Waals surface area contributed by atoms with Gasteiger partial charge >= 0.3 is 0 Å². The second-order valence-electron chi connectivity index (χ2n) is 2.24. The SMILES string of the molecule is CC1=CNCC(Br)N1C. The molecule has 1 rings (SSSR count). The Bertz CT molecular complexity index is 133. The van der Waals surface area contributed by atoms with Crippen molar-refractivity contribution < 1.29 is 0 Å². The summed E-state index contributed by atoms with van der Waals surface area (Å²) < 4.78 is 0. The zero-order valence-corrected chi connectivity index (χ0v) is 7.27. The van der Waals surface area contributed by atoms with Crippen LogP contribution >= 0.6 is 15.9 Å². The van der Waals surface area contributed by atoms with E-state index >= 15 is 0 Å². The lowest BCUT2D eigenvalue weighted by molar-refractivity contribution is 0.369. The molecule has 0 spiro atoms. The molecule has 52 valence electrons. The molecule has 0 aliphatic carbocycles. The quantitative estimate of drug-likeness (QED) is 0.455. The molecule has 0 aromatic carbocycles. The normalized spacial score (nSPS) is 27.2. The number of nitrogens with one attached hydrogen (secondary N) is 1. The number of hydrogen-bond acceptors (Lipinski definition) is 2. The monoisotopic (exact) mass is 190 g/mol. The third-order valence-corrected chi connectivity index (χ3v) is 2.51. The predicted molar refractivity (Wildman–Crippen MR) is 42.2 cm³/mol. The second kappa shape index (κ2) is 2.60. The van der Waals surface area contributed by atoms with Crippen LogP contribution in [0.5, 0.6) is 0 Å². The molecule has 2 nitrogen and oxygen atoms in total. The van der Waals surface area contributed by atoms with Gasteiger partial charge in [0.1, 0.15) is 4.95 Å². The van der Waals surface area contributed by atoms with Crippen molar-refractivity contribution in [3.8, 4) is 0 Å². The zero-order valence-electron chi connectivity index (χ0n) is 5.69. The Morgan fingerprint density at radius 3 is 3.00 bits per heavy atom. The molecule has 1 heterocycles. The molecule has 3 heteroatoms. The standard InChI is InChI=1S/C6H11BrN2/c1-5-3-8-4-6(7)9(5)2/h3,6,8H,4H2,1-2H3. The Labute approximate surface area is 64.0 Å². The third-order valence-electron chi connectivity index (χ3n) is 1.57. The number of nitrogens with zero attached hydrogens (tertiary/aromatic N) is 1. The minimum Gasteiger partial charge on any atom is -0.387 e. The van der Waals surface area contributed by atoms with Crippen LogP contribution in [0.1, 0.15) is 6.92 Å². The largest absolute Gasteiger partial charge is 0.387 e. The fraction of sp³-hybridized carbons (Fsp3) is 0.667. The molecule has 0 fully saturated rings. The van der Waals surface area contributed by atoms with Crippen LogP contribution in [0.4, 0.5) is 0 Å². The zero-order chi connectivity index (χ0) is 6.85. The van der Waals surface area contributed by atoms with Crippen LogP contribution in [0.2, 0.25) is 0 Å². The Balaban J connectivity index is 2.62. The molecule has 1 unspecified atom stereocenters. The lowest BCUT2D eigenvalue weighted by Crippen LogP contribution is -2.37. The molecule has 1 aliphatic rings. The molecular formula is C6H11BrN2. The summed E-state index contributed by atoms with van der Waals surface area (Å²) in [5, 5.41) is 3.16. The van der Waals surface area contributed by atoms with Crippen molar-refractivity contribution in [2.24, 2.45) is 0 Å². The van der Waals surface area contributed by atoms with Gasteiger partial charge in [-0.2, -0.15) is 0 Å². The molecular weight excluding hydrogens is 180 g/mol. The van der Waals surface area contributed by atoms with E-state index < -0.39 is 0 Å². The van der Waals surface area contributed by atoms with E-state index in [4.69, 9.17) is 0 Å². The van der Waals surface area contributed by atoms with Gasteiger partial charge < -0.3 is 10.2 Å². The summed E-state index contributed by atoms with van der Waals surface area (Å²) in [7, 11) is 2.08. The smallest absolute Gasteiger partial charge is 0.101 e. The van der Waals surface area contributed by atoms with Gasteiger partial charge in [-0.1, -0.05) is 15.9 Å². The van der Waals surface area contributed by atoms with Crippen LogP contribution in [-0.4, -0.2) is 23.4 Å². The van der Waals surface area contributed by atoms with Gasteiger partial charge in [0.15, 0.2) is 0 Å². The van der Waals surface area contributed by atoms with Crippen molar-refractivity contribution in [3.63, 3.8) is 0 Å².